The summed E-state index contributed by atoms with van der Waals surface area (Å²) in [6.07, 6.45) is 6.56. The molecule has 0 N–H and O–H groups in total. The first-order valence-corrected chi connectivity index (χ1v) is 6.89. The topological polar surface area (TPSA) is 57.0 Å². The van der Waals surface area contributed by atoms with Crippen LogP contribution in [0.2, 0.25) is 0 Å². The van der Waals surface area contributed by atoms with E-state index in [9.17, 15) is 4.79 Å². The molecule has 0 saturated carbocycles. The van der Waals surface area contributed by atoms with Gasteiger partial charge < -0.3 is 9.30 Å². The third-order valence-electron chi connectivity index (χ3n) is 3.17. The third-order valence-corrected chi connectivity index (χ3v) is 3.17. The maximum atomic E-state index is 12.1. The van der Waals surface area contributed by atoms with E-state index in [1.165, 1.54) is 0 Å². The molecule has 0 aliphatic rings. The van der Waals surface area contributed by atoms with Gasteiger partial charge in [0.25, 0.3) is 0 Å². The summed E-state index contributed by atoms with van der Waals surface area (Å²) in [4.78, 5) is 20.2. The molecule has 2 heterocycles. The molecule has 2 aromatic heterocycles. The fourth-order valence-corrected chi connectivity index (χ4v) is 2.05. The van der Waals surface area contributed by atoms with Crippen molar-refractivity contribution in [1.29, 1.82) is 0 Å². The number of carbonyl (C=O) groups excluding carboxylic acids is 1. The van der Waals surface area contributed by atoms with E-state index in [1.54, 1.807) is 37.1 Å². The predicted molar refractivity (Wildman–Crippen MR) is 85.8 cm³/mol. The van der Waals surface area contributed by atoms with Crippen LogP contribution in [0.15, 0.2) is 61.3 Å². The summed E-state index contributed by atoms with van der Waals surface area (Å²) in [5, 5.41) is 0. The molecule has 0 saturated heterocycles. The molecule has 0 spiro atoms. The fraction of sp³-hybridized carbons (Fsp3) is 0.0625. The van der Waals surface area contributed by atoms with Crippen LogP contribution >= 0.6 is 0 Å². The zero-order chi connectivity index (χ0) is 15.4. The van der Waals surface area contributed by atoms with Gasteiger partial charge in [0.15, 0.2) is 6.61 Å². The SMILES string of the molecule is Bc1cccc(-n2cnc(C(=O)COc3cccnc3)c2)c1. The van der Waals surface area contributed by atoms with Crippen molar-refractivity contribution in [1.82, 2.24) is 14.5 Å². The number of hydrogen-bond donors (Lipinski definition) is 0. The highest BCUT2D eigenvalue weighted by atomic mass is 16.5. The Morgan fingerprint density at radius 1 is 1.27 bits per heavy atom. The van der Waals surface area contributed by atoms with Crippen molar-refractivity contribution in [3.8, 4) is 11.4 Å². The maximum absolute atomic E-state index is 12.1. The van der Waals surface area contributed by atoms with E-state index in [-0.39, 0.29) is 12.4 Å². The summed E-state index contributed by atoms with van der Waals surface area (Å²) in [7, 11) is 2.02. The second kappa shape index (κ2) is 6.26. The Hall–Kier alpha value is -2.89. The number of ether oxygens (including phenoxy) is 1. The highest BCUT2D eigenvalue weighted by molar-refractivity contribution is 6.32. The lowest BCUT2D eigenvalue weighted by molar-refractivity contribution is 0.0916. The van der Waals surface area contributed by atoms with Gasteiger partial charge in [-0.2, -0.15) is 0 Å². The van der Waals surface area contributed by atoms with Gasteiger partial charge in [0.05, 0.1) is 6.20 Å². The minimum absolute atomic E-state index is 0.0590. The first-order chi connectivity index (χ1) is 10.7. The van der Waals surface area contributed by atoms with Gasteiger partial charge in [-0.3, -0.25) is 9.78 Å². The van der Waals surface area contributed by atoms with Crippen molar-refractivity contribution in [2.24, 2.45) is 0 Å². The highest BCUT2D eigenvalue weighted by Gasteiger charge is 2.11. The lowest BCUT2D eigenvalue weighted by Gasteiger charge is -2.03. The minimum Gasteiger partial charge on any atom is -0.484 e. The molecular weight excluding hydrogens is 277 g/mol. The molecule has 3 rings (SSSR count). The second-order valence-electron chi connectivity index (χ2n) is 4.91. The van der Waals surface area contributed by atoms with Crippen molar-refractivity contribution >= 4 is 19.1 Å². The number of benzene rings is 1. The summed E-state index contributed by atoms with van der Waals surface area (Å²) >= 11 is 0. The minimum atomic E-state index is -0.171. The molecule has 0 unspecified atom stereocenters. The number of nitrogens with zero attached hydrogens (tertiary/aromatic N) is 3. The average Bonchev–Trinajstić information content (AvgIpc) is 3.04. The zero-order valence-electron chi connectivity index (χ0n) is 12.1. The normalized spacial score (nSPS) is 10.4. The number of Topliss-reactive ketones (excluding diaryl/α,β-unsaturated/α-hetero) is 1. The molecule has 0 bridgehead atoms. The molecule has 0 aliphatic heterocycles. The summed E-state index contributed by atoms with van der Waals surface area (Å²) in [6, 6.07) is 11.5. The first-order valence-electron chi connectivity index (χ1n) is 6.89. The van der Waals surface area contributed by atoms with E-state index < -0.39 is 0 Å². The zero-order valence-corrected chi connectivity index (χ0v) is 12.1. The van der Waals surface area contributed by atoms with Crippen molar-refractivity contribution in [3.63, 3.8) is 0 Å². The third kappa shape index (κ3) is 3.23. The van der Waals surface area contributed by atoms with Gasteiger partial charge in [0.1, 0.15) is 25.6 Å². The maximum Gasteiger partial charge on any atom is 0.220 e. The van der Waals surface area contributed by atoms with Crippen LogP contribution < -0.4 is 10.2 Å². The summed E-state index contributed by atoms with van der Waals surface area (Å²) in [5.74, 6) is 0.393. The molecule has 108 valence electrons. The summed E-state index contributed by atoms with van der Waals surface area (Å²) in [6.45, 7) is -0.0590. The van der Waals surface area contributed by atoms with E-state index >= 15 is 0 Å². The number of hydrogen-bond acceptors (Lipinski definition) is 4. The van der Waals surface area contributed by atoms with E-state index in [1.807, 2.05) is 36.7 Å². The number of pyridine rings is 1. The first kappa shape index (κ1) is 14.1. The highest BCUT2D eigenvalue weighted by Crippen LogP contribution is 2.09. The molecule has 6 heteroatoms. The van der Waals surface area contributed by atoms with Crippen LogP contribution in [0.5, 0.6) is 5.75 Å². The Morgan fingerprint density at radius 3 is 2.95 bits per heavy atom. The van der Waals surface area contributed by atoms with Crippen LogP contribution in [0, 0.1) is 0 Å². The van der Waals surface area contributed by atoms with Crippen LogP contribution in [0.1, 0.15) is 10.5 Å². The quantitative estimate of drug-likeness (QED) is 0.515. The molecule has 0 radical (unpaired) electrons. The molecule has 3 aromatic rings. The Bertz CT molecular complexity index is 787. The van der Waals surface area contributed by atoms with Crippen LogP contribution in [-0.2, 0) is 0 Å². The smallest absolute Gasteiger partial charge is 0.220 e. The van der Waals surface area contributed by atoms with E-state index in [2.05, 4.69) is 9.97 Å². The number of aromatic nitrogens is 3. The van der Waals surface area contributed by atoms with Gasteiger partial charge in [-0.05, 0) is 24.3 Å². The summed E-state index contributed by atoms with van der Waals surface area (Å²) < 4.78 is 7.22. The standard InChI is InChI=1S/C16H14BN3O2/c17-12-3-1-4-13(7-12)20-9-15(19-11-20)16(21)10-22-14-5-2-6-18-8-14/h1-9,11H,10,17H2. The Balaban J connectivity index is 1.69. The van der Waals surface area contributed by atoms with E-state index in [0.29, 0.717) is 11.4 Å². The van der Waals surface area contributed by atoms with Crippen molar-refractivity contribution in [2.75, 3.05) is 6.61 Å². The average molecular weight is 291 g/mol. The van der Waals surface area contributed by atoms with E-state index in [4.69, 9.17) is 4.74 Å². The fourth-order valence-electron chi connectivity index (χ4n) is 2.05. The van der Waals surface area contributed by atoms with Crippen LogP contribution in [0.25, 0.3) is 5.69 Å². The predicted octanol–water partition coefficient (Wildman–Crippen LogP) is 0.787. The molecule has 1 aromatic carbocycles. The van der Waals surface area contributed by atoms with Crippen LogP contribution in [-0.4, -0.2) is 34.8 Å². The molecule has 0 amide bonds. The lowest BCUT2D eigenvalue weighted by atomic mass is 9.96. The number of carbonyl (C=O) groups is 1. The number of imidazole rings is 1. The Labute approximate surface area is 129 Å². The van der Waals surface area contributed by atoms with E-state index in [0.717, 1.165) is 11.2 Å². The molecular formula is C16H14BN3O2. The van der Waals surface area contributed by atoms with Gasteiger partial charge in [-0.1, -0.05) is 17.6 Å². The molecule has 5 nitrogen and oxygen atoms in total. The summed E-state index contributed by atoms with van der Waals surface area (Å²) in [5.41, 5.74) is 2.50. The molecule has 0 atom stereocenters. The molecule has 0 fully saturated rings. The van der Waals surface area contributed by atoms with Crippen molar-refractivity contribution in [3.05, 3.63) is 67.0 Å². The van der Waals surface area contributed by atoms with Gasteiger partial charge in [0.2, 0.25) is 5.78 Å². The van der Waals surface area contributed by atoms with Crippen LogP contribution in [0.3, 0.4) is 0 Å². The van der Waals surface area contributed by atoms with Gasteiger partial charge in [0, 0.05) is 18.1 Å². The van der Waals surface area contributed by atoms with Crippen molar-refractivity contribution in [2.45, 2.75) is 0 Å². The lowest BCUT2D eigenvalue weighted by Crippen LogP contribution is -2.12. The number of ketones is 1. The second-order valence-corrected chi connectivity index (χ2v) is 4.91. The van der Waals surface area contributed by atoms with Gasteiger partial charge in [-0.15, -0.1) is 0 Å². The van der Waals surface area contributed by atoms with Crippen LogP contribution in [0.4, 0.5) is 0 Å². The number of rotatable bonds is 5. The Kier molecular flexibility index (Phi) is 4.00. The van der Waals surface area contributed by atoms with Crippen molar-refractivity contribution < 1.29 is 9.53 Å². The Morgan fingerprint density at radius 2 is 2.18 bits per heavy atom. The molecule has 0 aliphatic carbocycles. The molecule has 22 heavy (non-hydrogen) atoms. The monoisotopic (exact) mass is 291 g/mol. The van der Waals surface area contributed by atoms with Gasteiger partial charge in [-0.25, -0.2) is 4.98 Å². The van der Waals surface area contributed by atoms with Gasteiger partial charge >= 0.3 is 0 Å². The largest absolute Gasteiger partial charge is 0.484 e.